The highest BCUT2D eigenvalue weighted by molar-refractivity contribution is 8.93. The van der Waals surface area contributed by atoms with Crippen LogP contribution in [0.3, 0.4) is 0 Å². The Hall–Kier alpha value is -0.940. The molecular weight excluding hydrogens is 262 g/mol. The van der Waals surface area contributed by atoms with Gasteiger partial charge in [-0.25, -0.2) is 4.98 Å². The zero-order chi connectivity index (χ0) is 9.26. The highest BCUT2D eigenvalue weighted by atomic mass is 79.9. The lowest BCUT2D eigenvalue weighted by atomic mass is 10.2. The van der Waals surface area contributed by atoms with Gasteiger partial charge in [-0.05, 0) is 19.1 Å². The Morgan fingerprint density at radius 1 is 1.36 bits per heavy atom. The van der Waals surface area contributed by atoms with Gasteiger partial charge in [0.15, 0.2) is 5.13 Å². The van der Waals surface area contributed by atoms with Crippen LogP contribution in [0.5, 0.6) is 0 Å². The van der Waals surface area contributed by atoms with Crippen LogP contribution in [0.4, 0.5) is 5.13 Å². The molecule has 2 aromatic heterocycles. The second-order valence-electron chi connectivity index (χ2n) is 2.67. The van der Waals surface area contributed by atoms with E-state index in [0.29, 0.717) is 5.13 Å². The van der Waals surface area contributed by atoms with Crippen molar-refractivity contribution in [2.24, 2.45) is 0 Å². The number of nitrogens with two attached hydrogens (primary N) is 1. The predicted molar refractivity (Wildman–Crippen MR) is 64.8 cm³/mol. The Balaban J connectivity index is 0.000000980. The van der Waals surface area contributed by atoms with Crippen molar-refractivity contribution in [3.05, 3.63) is 29.3 Å². The molecule has 14 heavy (non-hydrogen) atoms. The Bertz CT molecular complexity index is 413. The standard InChI is InChI=1S/C9H9N3S.BrH/c1-6-8(12-9(10)13-6)7-4-2-3-5-11-7;/h2-5H,1H3,(H2,10,12);1H. The van der Waals surface area contributed by atoms with E-state index in [1.54, 1.807) is 6.20 Å². The molecule has 0 aliphatic carbocycles. The molecule has 0 aliphatic heterocycles. The summed E-state index contributed by atoms with van der Waals surface area (Å²) in [6.45, 7) is 2.00. The van der Waals surface area contributed by atoms with E-state index in [1.807, 2.05) is 25.1 Å². The largest absolute Gasteiger partial charge is 0.375 e. The van der Waals surface area contributed by atoms with Crippen molar-refractivity contribution in [2.75, 3.05) is 5.73 Å². The van der Waals surface area contributed by atoms with E-state index in [-0.39, 0.29) is 17.0 Å². The average Bonchev–Trinajstić information content (AvgIpc) is 2.47. The molecule has 0 spiro atoms. The van der Waals surface area contributed by atoms with Crippen LogP contribution in [0.25, 0.3) is 11.4 Å². The van der Waals surface area contributed by atoms with Crippen LogP contribution in [-0.4, -0.2) is 9.97 Å². The molecule has 0 aliphatic rings. The monoisotopic (exact) mass is 271 g/mol. The molecule has 2 N–H and O–H groups in total. The highest BCUT2D eigenvalue weighted by Gasteiger charge is 2.07. The summed E-state index contributed by atoms with van der Waals surface area (Å²) in [7, 11) is 0. The fourth-order valence-electron chi connectivity index (χ4n) is 1.16. The van der Waals surface area contributed by atoms with E-state index < -0.39 is 0 Å². The van der Waals surface area contributed by atoms with E-state index in [1.165, 1.54) is 11.3 Å². The van der Waals surface area contributed by atoms with E-state index in [0.717, 1.165) is 16.3 Å². The quantitative estimate of drug-likeness (QED) is 0.868. The summed E-state index contributed by atoms with van der Waals surface area (Å²) >= 11 is 1.49. The minimum atomic E-state index is 0. The van der Waals surface area contributed by atoms with Crippen LogP contribution in [0.1, 0.15) is 4.88 Å². The van der Waals surface area contributed by atoms with Crippen LogP contribution < -0.4 is 5.73 Å². The van der Waals surface area contributed by atoms with Crippen LogP contribution >= 0.6 is 28.3 Å². The number of thiazole rings is 1. The first-order valence-electron chi connectivity index (χ1n) is 3.91. The molecule has 0 atom stereocenters. The van der Waals surface area contributed by atoms with Gasteiger partial charge in [0, 0.05) is 11.1 Å². The number of rotatable bonds is 1. The van der Waals surface area contributed by atoms with Crippen molar-refractivity contribution in [3.63, 3.8) is 0 Å². The van der Waals surface area contributed by atoms with Crippen molar-refractivity contribution in [1.82, 2.24) is 9.97 Å². The molecule has 3 nitrogen and oxygen atoms in total. The van der Waals surface area contributed by atoms with Crippen molar-refractivity contribution in [1.29, 1.82) is 0 Å². The summed E-state index contributed by atoms with van der Waals surface area (Å²) in [5.74, 6) is 0. The van der Waals surface area contributed by atoms with Crippen LogP contribution in [0.15, 0.2) is 24.4 Å². The Labute approximate surface area is 96.8 Å². The van der Waals surface area contributed by atoms with Gasteiger partial charge in [-0.1, -0.05) is 6.07 Å². The topological polar surface area (TPSA) is 51.8 Å². The molecule has 0 amide bonds. The van der Waals surface area contributed by atoms with Crippen molar-refractivity contribution in [3.8, 4) is 11.4 Å². The molecule has 0 radical (unpaired) electrons. The van der Waals surface area contributed by atoms with Gasteiger partial charge in [-0.2, -0.15) is 0 Å². The summed E-state index contributed by atoms with van der Waals surface area (Å²) in [6.07, 6.45) is 1.75. The Morgan fingerprint density at radius 2 is 2.14 bits per heavy atom. The number of anilines is 1. The predicted octanol–water partition coefficient (Wildman–Crippen LogP) is 2.67. The summed E-state index contributed by atoms with van der Waals surface area (Å²) in [4.78, 5) is 9.53. The summed E-state index contributed by atoms with van der Waals surface area (Å²) in [5.41, 5.74) is 7.37. The maximum Gasteiger partial charge on any atom is 0.180 e. The molecule has 2 rings (SSSR count). The number of hydrogen-bond donors (Lipinski definition) is 1. The number of pyridine rings is 1. The Morgan fingerprint density at radius 3 is 2.64 bits per heavy atom. The molecule has 0 fully saturated rings. The fourth-order valence-corrected chi connectivity index (χ4v) is 1.85. The van der Waals surface area contributed by atoms with Gasteiger partial charge in [-0.3, -0.25) is 4.98 Å². The van der Waals surface area contributed by atoms with Crippen LogP contribution in [-0.2, 0) is 0 Å². The highest BCUT2D eigenvalue weighted by Crippen LogP contribution is 2.26. The van der Waals surface area contributed by atoms with Crippen molar-refractivity contribution >= 4 is 33.4 Å². The number of aryl methyl sites for hydroxylation is 1. The molecule has 2 aromatic rings. The first-order chi connectivity index (χ1) is 6.27. The first kappa shape index (κ1) is 11.1. The molecule has 74 valence electrons. The van der Waals surface area contributed by atoms with E-state index in [9.17, 15) is 0 Å². The molecule has 2 heterocycles. The molecule has 5 heteroatoms. The van der Waals surface area contributed by atoms with Gasteiger partial charge in [0.25, 0.3) is 0 Å². The molecule has 0 bridgehead atoms. The fraction of sp³-hybridized carbons (Fsp3) is 0.111. The van der Waals surface area contributed by atoms with Gasteiger partial charge in [0.05, 0.1) is 5.69 Å². The second kappa shape index (κ2) is 4.52. The lowest BCUT2D eigenvalue weighted by Crippen LogP contribution is -1.85. The normalized spacial score (nSPS) is 9.50. The van der Waals surface area contributed by atoms with E-state index in [2.05, 4.69) is 9.97 Å². The second-order valence-corrected chi connectivity index (χ2v) is 3.91. The number of aromatic nitrogens is 2. The lowest BCUT2D eigenvalue weighted by Gasteiger charge is -1.94. The van der Waals surface area contributed by atoms with Gasteiger partial charge >= 0.3 is 0 Å². The average molecular weight is 272 g/mol. The third-order valence-electron chi connectivity index (χ3n) is 1.72. The number of hydrogen-bond acceptors (Lipinski definition) is 4. The van der Waals surface area contributed by atoms with E-state index in [4.69, 9.17) is 5.73 Å². The summed E-state index contributed by atoms with van der Waals surface area (Å²) in [5, 5.41) is 0.596. The number of nitrogen functional groups attached to an aromatic ring is 1. The molecule has 0 unspecified atom stereocenters. The number of halogens is 1. The maximum absolute atomic E-state index is 5.60. The zero-order valence-corrected chi connectivity index (χ0v) is 10.1. The molecular formula is C9H10BrN3S. The van der Waals surface area contributed by atoms with Crippen LogP contribution in [0, 0.1) is 6.92 Å². The third kappa shape index (κ3) is 2.10. The number of nitrogens with zero attached hydrogens (tertiary/aromatic N) is 2. The van der Waals surface area contributed by atoms with Gasteiger partial charge in [0.1, 0.15) is 5.69 Å². The van der Waals surface area contributed by atoms with Gasteiger partial charge in [-0.15, -0.1) is 28.3 Å². The lowest BCUT2D eigenvalue weighted by molar-refractivity contribution is 1.27. The van der Waals surface area contributed by atoms with Gasteiger partial charge < -0.3 is 5.73 Å². The van der Waals surface area contributed by atoms with Crippen molar-refractivity contribution < 1.29 is 0 Å². The summed E-state index contributed by atoms with van der Waals surface area (Å²) < 4.78 is 0. The minimum absolute atomic E-state index is 0. The smallest absolute Gasteiger partial charge is 0.180 e. The van der Waals surface area contributed by atoms with E-state index >= 15 is 0 Å². The van der Waals surface area contributed by atoms with Gasteiger partial charge in [0.2, 0.25) is 0 Å². The minimum Gasteiger partial charge on any atom is -0.375 e. The van der Waals surface area contributed by atoms with Crippen molar-refractivity contribution in [2.45, 2.75) is 6.92 Å². The maximum atomic E-state index is 5.60. The molecule has 0 saturated heterocycles. The Kier molecular flexibility index (Phi) is 3.60. The first-order valence-corrected chi connectivity index (χ1v) is 4.73. The molecule has 0 saturated carbocycles. The summed E-state index contributed by atoms with van der Waals surface area (Å²) in [6, 6.07) is 5.76. The zero-order valence-electron chi connectivity index (χ0n) is 7.60. The van der Waals surface area contributed by atoms with Crippen LogP contribution in [0.2, 0.25) is 0 Å². The molecule has 0 aromatic carbocycles. The SMILES string of the molecule is Br.Cc1sc(N)nc1-c1ccccn1. The third-order valence-corrected chi connectivity index (χ3v) is 2.52.